The van der Waals surface area contributed by atoms with Gasteiger partial charge < -0.3 is 14.5 Å². The third-order valence-corrected chi connectivity index (χ3v) is 4.27. The highest BCUT2D eigenvalue weighted by Gasteiger charge is 2.23. The SMILES string of the molecule is CCCOc1c(/C=C2/CCc3[nH]c(=O)ccc3C2=O)cccc1OCC. The smallest absolute Gasteiger partial charge is 0.248 e. The molecule has 5 heteroatoms. The van der Waals surface area contributed by atoms with Crippen LogP contribution in [-0.4, -0.2) is 24.0 Å². The number of H-pyrrole nitrogens is 1. The van der Waals surface area contributed by atoms with Gasteiger partial charge in [-0.05, 0) is 44.4 Å². The van der Waals surface area contributed by atoms with Crippen molar-refractivity contribution >= 4 is 11.9 Å². The molecule has 5 nitrogen and oxygen atoms in total. The summed E-state index contributed by atoms with van der Waals surface area (Å²) in [7, 11) is 0. The largest absolute Gasteiger partial charge is 0.490 e. The summed E-state index contributed by atoms with van der Waals surface area (Å²) in [6, 6.07) is 8.70. The van der Waals surface area contributed by atoms with Gasteiger partial charge in [-0.25, -0.2) is 0 Å². The number of aromatic amines is 1. The Balaban J connectivity index is 1.99. The maximum atomic E-state index is 12.8. The first-order chi connectivity index (χ1) is 12.6. The van der Waals surface area contributed by atoms with E-state index in [2.05, 4.69) is 4.98 Å². The summed E-state index contributed by atoms with van der Waals surface area (Å²) < 4.78 is 11.6. The topological polar surface area (TPSA) is 68.4 Å². The number of benzene rings is 1. The predicted octanol–water partition coefficient (Wildman–Crippen LogP) is 3.77. The Hall–Kier alpha value is -2.82. The highest BCUT2D eigenvalue weighted by atomic mass is 16.5. The van der Waals surface area contributed by atoms with Crippen LogP contribution in [0.5, 0.6) is 11.5 Å². The number of ether oxygens (including phenoxy) is 2. The van der Waals surface area contributed by atoms with E-state index in [4.69, 9.17) is 9.47 Å². The molecule has 0 aliphatic heterocycles. The highest BCUT2D eigenvalue weighted by molar-refractivity contribution is 6.13. The molecule has 1 aromatic carbocycles. The zero-order chi connectivity index (χ0) is 18.5. The van der Waals surface area contributed by atoms with Gasteiger partial charge in [0.05, 0.1) is 13.2 Å². The van der Waals surface area contributed by atoms with Crippen LogP contribution in [0.15, 0.2) is 40.7 Å². The van der Waals surface area contributed by atoms with Crippen LogP contribution in [0.25, 0.3) is 6.08 Å². The fourth-order valence-electron chi connectivity index (χ4n) is 3.07. The molecular weight excluding hydrogens is 330 g/mol. The minimum Gasteiger partial charge on any atom is -0.490 e. The molecule has 0 unspecified atom stereocenters. The summed E-state index contributed by atoms with van der Waals surface area (Å²) in [5.74, 6) is 1.30. The van der Waals surface area contributed by atoms with Gasteiger partial charge in [0.2, 0.25) is 5.56 Å². The van der Waals surface area contributed by atoms with Gasteiger partial charge in [-0.3, -0.25) is 9.59 Å². The van der Waals surface area contributed by atoms with Crippen molar-refractivity contribution in [2.45, 2.75) is 33.1 Å². The minimum atomic E-state index is -0.177. The average Bonchev–Trinajstić information content (AvgIpc) is 2.63. The van der Waals surface area contributed by atoms with Gasteiger partial charge in [0.25, 0.3) is 0 Å². The second-order valence-corrected chi connectivity index (χ2v) is 6.17. The Labute approximate surface area is 152 Å². The summed E-state index contributed by atoms with van der Waals surface area (Å²) >= 11 is 0. The molecule has 0 radical (unpaired) electrons. The van der Waals surface area contributed by atoms with Crippen molar-refractivity contribution < 1.29 is 14.3 Å². The molecule has 136 valence electrons. The summed E-state index contributed by atoms with van der Waals surface area (Å²) in [5, 5.41) is 0. The van der Waals surface area contributed by atoms with Crippen LogP contribution >= 0.6 is 0 Å². The number of nitrogens with one attached hydrogen (secondary N) is 1. The first kappa shape index (κ1) is 18.0. The number of pyridine rings is 1. The zero-order valence-electron chi connectivity index (χ0n) is 15.1. The van der Waals surface area contributed by atoms with E-state index < -0.39 is 0 Å². The third-order valence-electron chi connectivity index (χ3n) is 4.27. The molecule has 0 saturated heterocycles. The van der Waals surface area contributed by atoms with Crippen molar-refractivity contribution in [2.24, 2.45) is 0 Å². The highest BCUT2D eigenvalue weighted by Crippen LogP contribution is 2.34. The third kappa shape index (κ3) is 3.72. The lowest BCUT2D eigenvalue weighted by Gasteiger charge is -2.18. The van der Waals surface area contributed by atoms with Gasteiger partial charge in [0.15, 0.2) is 17.3 Å². The maximum absolute atomic E-state index is 12.8. The Morgan fingerprint density at radius 3 is 2.69 bits per heavy atom. The van der Waals surface area contributed by atoms with Crippen molar-refractivity contribution in [3.05, 3.63) is 63.1 Å². The quantitative estimate of drug-likeness (QED) is 0.803. The molecule has 0 bridgehead atoms. The molecule has 0 spiro atoms. The Kier molecular flexibility index (Phi) is 5.56. The number of carbonyl (C=O) groups is 1. The van der Waals surface area contributed by atoms with Crippen LogP contribution in [0, 0.1) is 0 Å². The van der Waals surface area contributed by atoms with E-state index in [1.165, 1.54) is 6.07 Å². The molecule has 2 aromatic rings. The van der Waals surface area contributed by atoms with E-state index in [9.17, 15) is 9.59 Å². The van der Waals surface area contributed by atoms with Crippen molar-refractivity contribution in [3.8, 4) is 11.5 Å². The maximum Gasteiger partial charge on any atom is 0.248 e. The summed E-state index contributed by atoms with van der Waals surface area (Å²) in [5.41, 5.74) is 2.65. The van der Waals surface area contributed by atoms with Gasteiger partial charge in [0, 0.05) is 28.5 Å². The van der Waals surface area contributed by atoms with Crippen LogP contribution < -0.4 is 15.0 Å². The van der Waals surface area contributed by atoms with Crippen LogP contribution in [-0.2, 0) is 6.42 Å². The molecule has 1 heterocycles. The van der Waals surface area contributed by atoms with E-state index in [0.29, 0.717) is 54.4 Å². The van der Waals surface area contributed by atoms with Crippen molar-refractivity contribution in [2.75, 3.05) is 13.2 Å². The minimum absolute atomic E-state index is 0.0502. The van der Waals surface area contributed by atoms with E-state index in [1.807, 2.05) is 38.1 Å². The van der Waals surface area contributed by atoms with E-state index in [1.54, 1.807) is 6.07 Å². The number of hydrogen-bond donors (Lipinski definition) is 1. The average molecular weight is 353 g/mol. The molecule has 0 fully saturated rings. The Bertz CT molecular complexity index is 895. The van der Waals surface area contributed by atoms with E-state index in [0.717, 1.165) is 12.0 Å². The molecule has 3 rings (SSSR count). The summed E-state index contributed by atoms with van der Waals surface area (Å²) in [4.78, 5) is 27.0. The number of fused-ring (bicyclic) bond motifs is 1. The van der Waals surface area contributed by atoms with Gasteiger partial charge in [-0.2, -0.15) is 0 Å². The van der Waals surface area contributed by atoms with Gasteiger partial charge in [-0.15, -0.1) is 0 Å². The number of para-hydroxylation sites is 1. The van der Waals surface area contributed by atoms with Crippen molar-refractivity contribution in [1.82, 2.24) is 4.98 Å². The van der Waals surface area contributed by atoms with Crippen LogP contribution in [0.3, 0.4) is 0 Å². The predicted molar refractivity (Wildman–Crippen MR) is 101 cm³/mol. The molecule has 1 aromatic heterocycles. The molecule has 0 amide bonds. The molecule has 26 heavy (non-hydrogen) atoms. The van der Waals surface area contributed by atoms with Gasteiger partial charge in [-0.1, -0.05) is 19.1 Å². The summed E-state index contributed by atoms with van der Waals surface area (Å²) in [6.45, 7) is 5.10. The number of ketones is 1. The summed E-state index contributed by atoms with van der Waals surface area (Å²) in [6.07, 6.45) is 3.98. The molecular formula is C21H23NO4. The number of carbonyl (C=O) groups excluding carboxylic acids is 1. The molecule has 1 aliphatic rings. The zero-order valence-corrected chi connectivity index (χ0v) is 15.1. The van der Waals surface area contributed by atoms with Gasteiger partial charge >= 0.3 is 0 Å². The molecule has 1 N–H and O–H groups in total. The molecule has 0 saturated carbocycles. The lowest BCUT2D eigenvalue weighted by Crippen LogP contribution is -2.19. The number of aryl methyl sites for hydroxylation is 1. The molecule has 0 atom stereocenters. The second kappa shape index (κ2) is 8.04. The standard InChI is InChI=1S/C21H23NO4/c1-3-12-26-21-15(6-5-7-18(21)25-4-2)13-14-8-10-17-16(20(14)24)9-11-19(23)22-17/h5-7,9,11,13H,3-4,8,10,12H2,1-2H3,(H,22,23)/b14-13-. The first-order valence-electron chi connectivity index (χ1n) is 9.00. The monoisotopic (exact) mass is 353 g/mol. The number of allylic oxidation sites excluding steroid dienone is 1. The fraction of sp³-hybridized carbons (Fsp3) is 0.333. The molecule has 1 aliphatic carbocycles. The van der Waals surface area contributed by atoms with Gasteiger partial charge in [0.1, 0.15) is 0 Å². The lowest BCUT2D eigenvalue weighted by molar-refractivity contribution is 0.102. The van der Waals surface area contributed by atoms with Crippen LogP contribution in [0.1, 0.15) is 48.3 Å². The fourth-order valence-corrected chi connectivity index (χ4v) is 3.07. The normalized spacial score (nSPS) is 15.0. The number of Topliss-reactive ketones (excluding diaryl/α,β-unsaturated/α-hetero) is 1. The lowest BCUT2D eigenvalue weighted by atomic mass is 9.89. The number of rotatable bonds is 6. The van der Waals surface area contributed by atoms with Crippen LogP contribution in [0.2, 0.25) is 0 Å². The Morgan fingerprint density at radius 1 is 1.08 bits per heavy atom. The van der Waals surface area contributed by atoms with E-state index >= 15 is 0 Å². The van der Waals surface area contributed by atoms with Crippen molar-refractivity contribution in [1.29, 1.82) is 0 Å². The van der Waals surface area contributed by atoms with Crippen molar-refractivity contribution in [3.63, 3.8) is 0 Å². The van der Waals surface area contributed by atoms with Crippen LogP contribution in [0.4, 0.5) is 0 Å². The van der Waals surface area contributed by atoms with E-state index in [-0.39, 0.29) is 11.3 Å². The number of aromatic nitrogens is 1. The Morgan fingerprint density at radius 2 is 1.92 bits per heavy atom. The first-order valence-corrected chi connectivity index (χ1v) is 9.00. The number of hydrogen-bond acceptors (Lipinski definition) is 4. The second-order valence-electron chi connectivity index (χ2n) is 6.17.